The van der Waals surface area contributed by atoms with Gasteiger partial charge in [0.25, 0.3) is 0 Å². The van der Waals surface area contributed by atoms with Gasteiger partial charge in [0.15, 0.2) is 5.52 Å². The molecule has 1 aromatic heterocycles. The molecule has 2 heteroatoms. The van der Waals surface area contributed by atoms with E-state index in [0.29, 0.717) is 0 Å². The van der Waals surface area contributed by atoms with Crippen molar-refractivity contribution in [1.29, 1.82) is 0 Å². The number of hydrogen-bond donors (Lipinski definition) is 0. The molecule has 0 saturated carbocycles. The largest absolute Gasteiger partial charge is 0.331 e. The smallest absolute Gasteiger partial charge is 0.232 e. The van der Waals surface area contributed by atoms with Crippen LogP contribution in [0.5, 0.6) is 0 Å². The van der Waals surface area contributed by atoms with Crippen LogP contribution >= 0.6 is 0 Å². The maximum absolute atomic E-state index is 5.00. The minimum Gasteiger partial charge on any atom is -0.232 e. The summed E-state index contributed by atoms with van der Waals surface area (Å²) in [7, 11) is 2.06. The zero-order chi connectivity index (χ0) is 15.1. The molecule has 0 bridgehead atoms. The van der Waals surface area contributed by atoms with Crippen molar-refractivity contribution < 1.29 is 4.57 Å². The fourth-order valence-corrected chi connectivity index (χ4v) is 3.03. The van der Waals surface area contributed by atoms with Crippen molar-refractivity contribution >= 4 is 21.7 Å². The quantitative estimate of drug-likeness (QED) is 0.378. The van der Waals surface area contributed by atoms with Gasteiger partial charge >= 0.3 is 5.82 Å². The molecule has 3 aromatic carbocycles. The Kier molecular flexibility index (Phi) is 2.90. The van der Waals surface area contributed by atoms with Gasteiger partial charge in [0, 0.05) is 5.39 Å². The number of benzene rings is 3. The Morgan fingerprint density at radius 1 is 0.818 bits per heavy atom. The Bertz CT molecular complexity index is 1000. The van der Waals surface area contributed by atoms with Gasteiger partial charge in [-0.2, -0.15) is 0 Å². The SMILES string of the molecule is Cc1ccccc1-c1nc2c(ccc3ccccc32)c[n+]1C. The maximum atomic E-state index is 5.00. The Hall–Kier alpha value is -2.74. The molecular formula is C20H17N2+. The highest BCUT2D eigenvalue weighted by Crippen LogP contribution is 2.25. The third-order valence-electron chi connectivity index (χ3n) is 4.20. The average Bonchev–Trinajstić information content (AvgIpc) is 2.55. The van der Waals surface area contributed by atoms with Crippen LogP contribution in [0.15, 0.2) is 66.9 Å². The van der Waals surface area contributed by atoms with E-state index in [4.69, 9.17) is 4.98 Å². The lowest BCUT2D eigenvalue weighted by Gasteiger charge is -2.05. The van der Waals surface area contributed by atoms with Gasteiger partial charge < -0.3 is 0 Å². The van der Waals surface area contributed by atoms with Crippen molar-refractivity contribution in [2.75, 3.05) is 0 Å². The van der Waals surface area contributed by atoms with E-state index in [1.807, 2.05) is 0 Å². The molecule has 0 saturated heterocycles. The molecule has 0 N–H and O–H groups in total. The molecule has 0 atom stereocenters. The molecule has 0 unspecified atom stereocenters. The Morgan fingerprint density at radius 3 is 2.41 bits per heavy atom. The number of hydrogen-bond acceptors (Lipinski definition) is 1. The molecule has 0 spiro atoms. The van der Waals surface area contributed by atoms with E-state index in [1.54, 1.807) is 0 Å². The molecule has 0 radical (unpaired) electrons. The van der Waals surface area contributed by atoms with E-state index >= 15 is 0 Å². The van der Waals surface area contributed by atoms with E-state index in [1.165, 1.54) is 27.3 Å². The molecule has 4 aromatic rings. The molecule has 0 aliphatic heterocycles. The molecular weight excluding hydrogens is 268 g/mol. The second-order valence-corrected chi connectivity index (χ2v) is 5.71. The highest BCUT2D eigenvalue weighted by molar-refractivity contribution is 6.04. The molecule has 106 valence electrons. The number of aryl methyl sites for hydroxylation is 2. The first-order valence-electron chi connectivity index (χ1n) is 7.48. The van der Waals surface area contributed by atoms with Crippen LogP contribution in [-0.2, 0) is 7.05 Å². The predicted molar refractivity (Wildman–Crippen MR) is 90.6 cm³/mol. The summed E-state index contributed by atoms with van der Waals surface area (Å²) in [4.78, 5) is 5.00. The van der Waals surface area contributed by atoms with Crippen LogP contribution in [0.1, 0.15) is 5.56 Å². The Morgan fingerprint density at radius 2 is 1.55 bits per heavy atom. The first-order valence-corrected chi connectivity index (χ1v) is 7.48. The molecule has 0 fully saturated rings. The van der Waals surface area contributed by atoms with Crippen LogP contribution in [0.25, 0.3) is 33.1 Å². The van der Waals surface area contributed by atoms with E-state index in [-0.39, 0.29) is 0 Å². The van der Waals surface area contributed by atoms with Crippen LogP contribution in [0.4, 0.5) is 0 Å². The highest BCUT2D eigenvalue weighted by atomic mass is 15.0. The Balaban J connectivity index is 2.10. The number of fused-ring (bicyclic) bond motifs is 3. The topological polar surface area (TPSA) is 16.8 Å². The summed E-state index contributed by atoms with van der Waals surface area (Å²) in [5.74, 6) is 1.00. The predicted octanol–water partition coefficient (Wildman–Crippen LogP) is 4.19. The molecule has 0 aliphatic rings. The first-order chi connectivity index (χ1) is 10.7. The van der Waals surface area contributed by atoms with Crippen molar-refractivity contribution in [3.05, 3.63) is 72.4 Å². The summed E-state index contributed by atoms with van der Waals surface area (Å²) in [5, 5.41) is 3.60. The fourth-order valence-electron chi connectivity index (χ4n) is 3.03. The highest BCUT2D eigenvalue weighted by Gasteiger charge is 2.18. The molecule has 1 heterocycles. The van der Waals surface area contributed by atoms with Crippen LogP contribution < -0.4 is 4.57 Å². The monoisotopic (exact) mass is 285 g/mol. The van der Waals surface area contributed by atoms with Crippen molar-refractivity contribution in [2.24, 2.45) is 7.05 Å². The van der Waals surface area contributed by atoms with Crippen LogP contribution in [0, 0.1) is 6.92 Å². The minimum atomic E-state index is 1.00. The Labute approximate surface area is 129 Å². The van der Waals surface area contributed by atoms with Gasteiger partial charge in [-0.3, -0.25) is 0 Å². The van der Waals surface area contributed by atoms with Gasteiger partial charge in [-0.15, -0.1) is 0 Å². The summed E-state index contributed by atoms with van der Waals surface area (Å²) in [6.07, 6.45) is 2.16. The number of nitrogens with zero attached hydrogens (tertiary/aromatic N) is 2. The first kappa shape index (κ1) is 13.0. The average molecular weight is 285 g/mol. The van der Waals surface area contributed by atoms with E-state index in [9.17, 15) is 0 Å². The number of aromatic nitrogens is 2. The summed E-state index contributed by atoms with van der Waals surface area (Å²) in [5.41, 5.74) is 3.49. The third kappa shape index (κ3) is 1.96. The fraction of sp³-hybridized carbons (Fsp3) is 0.100. The van der Waals surface area contributed by atoms with Gasteiger partial charge in [0.05, 0.1) is 18.0 Å². The lowest BCUT2D eigenvalue weighted by molar-refractivity contribution is -0.661. The van der Waals surface area contributed by atoms with Gasteiger partial charge in [-0.25, -0.2) is 4.57 Å². The molecule has 4 rings (SSSR count). The summed E-state index contributed by atoms with van der Waals surface area (Å²) < 4.78 is 2.11. The van der Waals surface area contributed by atoms with Crippen LogP contribution in [0.3, 0.4) is 0 Å². The molecule has 22 heavy (non-hydrogen) atoms. The van der Waals surface area contributed by atoms with E-state index in [0.717, 1.165) is 11.3 Å². The maximum Gasteiger partial charge on any atom is 0.331 e. The normalized spacial score (nSPS) is 11.2. The summed E-state index contributed by atoms with van der Waals surface area (Å²) in [6, 6.07) is 21.1. The second-order valence-electron chi connectivity index (χ2n) is 5.71. The molecule has 2 nitrogen and oxygen atoms in total. The lowest BCUT2D eigenvalue weighted by Crippen LogP contribution is -2.32. The van der Waals surface area contributed by atoms with Crippen molar-refractivity contribution in [2.45, 2.75) is 6.92 Å². The van der Waals surface area contributed by atoms with Gasteiger partial charge in [-0.05, 0) is 41.1 Å². The van der Waals surface area contributed by atoms with Crippen molar-refractivity contribution in [3.63, 3.8) is 0 Å². The third-order valence-corrected chi connectivity index (χ3v) is 4.20. The molecule has 0 aliphatic carbocycles. The van der Waals surface area contributed by atoms with Gasteiger partial charge in [0.2, 0.25) is 0 Å². The van der Waals surface area contributed by atoms with Crippen LogP contribution in [0.2, 0.25) is 0 Å². The minimum absolute atomic E-state index is 1.00. The lowest BCUT2D eigenvalue weighted by atomic mass is 10.1. The zero-order valence-electron chi connectivity index (χ0n) is 12.7. The number of rotatable bonds is 1. The van der Waals surface area contributed by atoms with E-state index < -0.39 is 0 Å². The standard InChI is InChI=1S/C20H17N2/c1-14-7-3-5-9-17(14)20-21-19-16(13-22(20)2)12-11-15-8-4-6-10-18(15)19/h3-13H,1-2H3/q+1. The van der Waals surface area contributed by atoms with Gasteiger partial charge in [-0.1, -0.05) is 42.5 Å². The van der Waals surface area contributed by atoms with Gasteiger partial charge in [0.1, 0.15) is 6.20 Å². The van der Waals surface area contributed by atoms with Crippen molar-refractivity contribution in [1.82, 2.24) is 4.98 Å². The van der Waals surface area contributed by atoms with E-state index in [2.05, 4.69) is 85.4 Å². The van der Waals surface area contributed by atoms with Crippen LogP contribution in [-0.4, -0.2) is 4.98 Å². The summed E-state index contributed by atoms with van der Waals surface area (Å²) in [6.45, 7) is 2.13. The second kappa shape index (κ2) is 4.92. The molecule has 0 amide bonds. The van der Waals surface area contributed by atoms with Crippen molar-refractivity contribution in [3.8, 4) is 11.4 Å². The summed E-state index contributed by atoms with van der Waals surface area (Å²) >= 11 is 0. The zero-order valence-corrected chi connectivity index (χ0v) is 12.7.